The topological polar surface area (TPSA) is 0 Å². The Hall–Kier alpha value is -0.260. The quantitative estimate of drug-likeness (QED) is 0.476. The fraction of sp³-hybridized carbons (Fsp3) is 0.750. The average Bonchev–Trinajstić information content (AvgIpc) is 2.63. The summed E-state index contributed by atoms with van der Waals surface area (Å²) in [4.78, 5) is 0. The van der Waals surface area contributed by atoms with Crippen LogP contribution in [0.15, 0.2) is 12.7 Å². The SMILES string of the molecule is C=CC1(C2CC2)CC1. The Bertz CT molecular complexity index is 116. The largest absolute Gasteiger partial charge is 0.103 e. The molecule has 2 aliphatic rings. The Balaban J connectivity index is 2.09. The second kappa shape index (κ2) is 1.18. The molecule has 0 aliphatic heterocycles. The molecular weight excluding hydrogens is 96.1 g/mol. The van der Waals surface area contributed by atoms with Gasteiger partial charge in [0.25, 0.3) is 0 Å². The third-order valence-electron chi connectivity index (χ3n) is 2.62. The first-order chi connectivity index (χ1) is 3.87. The van der Waals surface area contributed by atoms with Crippen molar-refractivity contribution in [1.29, 1.82) is 0 Å². The van der Waals surface area contributed by atoms with Crippen LogP contribution in [0.25, 0.3) is 0 Å². The zero-order chi connectivity index (χ0) is 5.61. The van der Waals surface area contributed by atoms with Gasteiger partial charge in [-0.25, -0.2) is 0 Å². The second-order valence-electron chi connectivity index (χ2n) is 3.21. The first kappa shape index (κ1) is 4.60. The zero-order valence-electron chi connectivity index (χ0n) is 5.19. The number of allylic oxidation sites excluding steroid dienone is 1. The summed E-state index contributed by atoms with van der Waals surface area (Å²) in [6, 6.07) is 0. The molecule has 0 amide bonds. The Kier molecular flexibility index (Phi) is 0.677. The van der Waals surface area contributed by atoms with Crippen LogP contribution in [0.4, 0.5) is 0 Å². The highest BCUT2D eigenvalue weighted by Crippen LogP contribution is 2.61. The minimum atomic E-state index is 0.667. The van der Waals surface area contributed by atoms with Gasteiger partial charge in [-0.2, -0.15) is 0 Å². The molecule has 0 heteroatoms. The fourth-order valence-electron chi connectivity index (χ4n) is 1.58. The molecule has 2 aliphatic carbocycles. The van der Waals surface area contributed by atoms with E-state index in [1.807, 2.05) is 0 Å². The molecule has 0 nitrogen and oxygen atoms in total. The summed E-state index contributed by atoms with van der Waals surface area (Å²) < 4.78 is 0. The maximum Gasteiger partial charge on any atom is -0.00920 e. The van der Waals surface area contributed by atoms with E-state index in [1.54, 1.807) is 0 Å². The monoisotopic (exact) mass is 108 g/mol. The van der Waals surface area contributed by atoms with E-state index in [0.717, 1.165) is 5.92 Å². The van der Waals surface area contributed by atoms with Gasteiger partial charge in [-0.15, -0.1) is 6.58 Å². The van der Waals surface area contributed by atoms with Gasteiger partial charge in [0, 0.05) is 0 Å². The molecule has 0 bridgehead atoms. The van der Waals surface area contributed by atoms with Crippen molar-refractivity contribution in [2.75, 3.05) is 0 Å². The number of rotatable bonds is 2. The van der Waals surface area contributed by atoms with Crippen molar-refractivity contribution in [3.63, 3.8) is 0 Å². The third-order valence-corrected chi connectivity index (χ3v) is 2.62. The highest BCUT2D eigenvalue weighted by Gasteiger charge is 2.51. The minimum Gasteiger partial charge on any atom is -0.103 e. The number of hydrogen-bond donors (Lipinski definition) is 0. The van der Waals surface area contributed by atoms with E-state index in [4.69, 9.17) is 0 Å². The van der Waals surface area contributed by atoms with E-state index in [1.165, 1.54) is 25.7 Å². The molecule has 0 radical (unpaired) electrons. The summed E-state index contributed by atoms with van der Waals surface area (Å²) >= 11 is 0. The standard InChI is InChI=1S/C8H12/c1-2-8(5-6-8)7-3-4-7/h2,7H,1,3-6H2. The van der Waals surface area contributed by atoms with Gasteiger partial charge in [0.1, 0.15) is 0 Å². The van der Waals surface area contributed by atoms with Crippen LogP contribution in [0, 0.1) is 11.3 Å². The predicted octanol–water partition coefficient (Wildman–Crippen LogP) is 2.36. The molecule has 2 saturated carbocycles. The first-order valence-corrected chi connectivity index (χ1v) is 3.51. The molecule has 0 spiro atoms. The molecule has 0 unspecified atom stereocenters. The normalized spacial score (nSPS) is 32.0. The molecular formula is C8H12. The van der Waals surface area contributed by atoms with E-state index in [9.17, 15) is 0 Å². The van der Waals surface area contributed by atoms with Crippen molar-refractivity contribution in [2.24, 2.45) is 11.3 Å². The van der Waals surface area contributed by atoms with Gasteiger partial charge in [-0.05, 0) is 37.0 Å². The molecule has 2 fully saturated rings. The van der Waals surface area contributed by atoms with Crippen molar-refractivity contribution in [2.45, 2.75) is 25.7 Å². The summed E-state index contributed by atoms with van der Waals surface area (Å²) in [7, 11) is 0. The van der Waals surface area contributed by atoms with Crippen LogP contribution in [0.3, 0.4) is 0 Å². The lowest BCUT2D eigenvalue weighted by molar-refractivity contribution is 0.559. The molecule has 0 aromatic rings. The van der Waals surface area contributed by atoms with E-state index < -0.39 is 0 Å². The number of hydrogen-bond acceptors (Lipinski definition) is 0. The van der Waals surface area contributed by atoms with Crippen molar-refractivity contribution in [1.82, 2.24) is 0 Å². The summed E-state index contributed by atoms with van der Waals surface area (Å²) in [6.45, 7) is 3.86. The summed E-state index contributed by atoms with van der Waals surface area (Å²) in [6.07, 6.45) is 8.00. The lowest BCUT2D eigenvalue weighted by Crippen LogP contribution is -1.95. The maximum atomic E-state index is 3.86. The van der Waals surface area contributed by atoms with Gasteiger partial charge >= 0.3 is 0 Å². The van der Waals surface area contributed by atoms with Crippen LogP contribution in [0.2, 0.25) is 0 Å². The van der Waals surface area contributed by atoms with Crippen LogP contribution in [-0.4, -0.2) is 0 Å². The summed E-state index contributed by atoms with van der Waals surface area (Å²) in [5.74, 6) is 1.06. The van der Waals surface area contributed by atoms with Crippen LogP contribution in [0.5, 0.6) is 0 Å². The van der Waals surface area contributed by atoms with Crippen LogP contribution in [0.1, 0.15) is 25.7 Å². The van der Waals surface area contributed by atoms with E-state index in [0.29, 0.717) is 5.41 Å². The molecule has 0 atom stereocenters. The van der Waals surface area contributed by atoms with E-state index in [2.05, 4.69) is 12.7 Å². The Morgan fingerprint density at radius 3 is 2.12 bits per heavy atom. The fourth-order valence-corrected chi connectivity index (χ4v) is 1.58. The highest BCUT2D eigenvalue weighted by molar-refractivity contribution is 5.13. The molecule has 2 rings (SSSR count). The Morgan fingerprint density at radius 2 is 2.00 bits per heavy atom. The predicted molar refractivity (Wildman–Crippen MR) is 34.6 cm³/mol. The third kappa shape index (κ3) is 0.460. The van der Waals surface area contributed by atoms with Crippen molar-refractivity contribution >= 4 is 0 Å². The molecule has 0 aromatic heterocycles. The first-order valence-electron chi connectivity index (χ1n) is 3.51. The minimum absolute atomic E-state index is 0.667. The van der Waals surface area contributed by atoms with Crippen molar-refractivity contribution in [3.8, 4) is 0 Å². The lowest BCUT2D eigenvalue weighted by atomic mass is 10.0. The van der Waals surface area contributed by atoms with Crippen LogP contribution >= 0.6 is 0 Å². The highest BCUT2D eigenvalue weighted by atomic mass is 14.6. The molecule has 0 aromatic carbocycles. The molecule has 0 heterocycles. The van der Waals surface area contributed by atoms with Crippen molar-refractivity contribution < 1.29 is 0 Å². The van der Waals surface area contributed by atoms with Gasteiger partial charge in [0.15, 0.2) is 0 Å². The lowest BCUT2D eigenvalue weighted by Gasteiger charge is -2.03. The molecule has 0 N–H and O–H groups in total. The Morgan fingerprint density at radius 1 is 1.38 bits per heavy atom. The smallest absolute Gasteiger partial charge is 0.00920 e. The van der Waals surface area contributed by atoms with Gasteiger partial charge in [0.05, 0.1) is 0 Å². The molecule has 8 heavy (non-hydrogen) atoms. The van der Waals surface area contributed by atoms with Gasteiger partial charge in [-0.3, -0.25) is 0 Å². The summed E-state index contributed by atoms with van der Waals surface area (Å²) in [5, 5.41) is 0. The van der Waals surface area contributed by atoms with Crippen LogP contribution in [-0.2, 0) is 0 Å². The van der Waals surface area contributed by atoms with Gasteiger partial charge in [0.2, 0.25) is 0 Å². The van der Waals surface area contributed by atoms with Crippen molar-refractivity contribution in [3.05, 3.63) is 12.7 Å². The van der Waals surface area contributed by atoms with Gasteiger partial charge in [-0.1, -0.05) is 6.08 Å². The van der Waals surface area contributed by atoms with E-state index >= 15 is 0 Å². The van der Waals surface area contributed by atoms with E-state index in [-0.39, 0.29) is 0 Å². The second-order valence-corrected chi connectivity index (χ2v) is 3.21. The molecule has 0 saturated heterocycles. The average molecular weight is 108 g/mol. The Labute approximate surface area is 50.6 Å². The molecule has 44 valence electrons. The van der Waals surface area contributed by atoms with Gasteiger partial charge < -0.3 is 0 Å². The zero-order valence-corrected chi connectivity index (χ0v) is 5.19. The van der Waals surface area contributed by atoms with Crippen LogP contribution < -0.4 is 0 Å². The maximum absolute atomic E-state index is 3.86. The summed E-state index contributed by atoms with van der Waals surface area (Å²) in [5.41, 5.74) is 0.667.